The Morgan fingerprint density at radius 2 is 0.852 bits per heavy atom. The molecule has 6 nitrogen and oxygen atoms in total. The van der Waals surface area contributed by atoms with Crippen LogP contribution in [0.2, 0.25) is 0 Å². The molecule has 0 aromatic heterocycles. The molecule has 0 bridgehead atoms. The fourth-order valence-electron chi connectivity index (χ4n) is 2.65. The van der Waals surface area contributed by atoms with Gasteiger partial charge in [-0.3, -0.25) is 20.2 Å². The van der Waals surface area contributed by atoms with E-state index >= 15 is 0 Å². The number of nitrogens with zero attached hydrogens (tertiary/aromatic N) is 2. The second-order valence-corrected chi connectivity index (χ2v) is 5.35. The van der Waals surface area contributed by atoms with Gasteiger partial charge >= 0.3 is 12.4 Å². The van der Waals surface area contributed by atoms with Gasteiger partial charge in [-0.25, -0.2) is 0 Å². The summed E-state index contributed by atoms with van der Waals surface area (Å²) in [6.07, 6.45) is -11.8. The topological polar surface area (TPSA) is 86.3 Å². The first kappa shape index (κ1) is 20.1. The highest BCUT2D eigenvalue weighted by Crippen LogP contribution is 2.56. The van der Waals surface area contributed by atoms with Crippen LogP contribution >= 0.6 is 0 Å². The van der Waals surface area contributed by atoms with Gasteiger partial charge in [-0.1, -0.05) is 24.3 Å². The molecule has 144 valence electrons. The molecule has 0 spiro atoms. The first-order valence-corrected chi connectivity index (χ1v) is 6.95. The third kappa shape index (κ3) is 3.29. The smallest absolute Gasteiger partial charge is 0.258 e. The second kappa shape index (κ2) is 6.52. The molecule has 0 saturated carbocycles. The Hall–Kier alpha value is -3.18. The fraction of sp³-hybridized carbons (Fsp3) is 0.200. The van der Waals surface area contributed by atoms with Crippen LogP contribution in [0.15, 0.2) is 48.5 Å². The molecule has 2 aromatic carbocycles. The van der Waals surface area contributed by atoms with Crippen molar-refractivity contribution in [3.63, 3.8) is 0 Å². The summed E-state index contributed by atoms with van der Waals surface area (Å²) in [7, 11) is 0. The van der Waals surface area contributed by atoms with Gasteiger partial charge in [0, 0.05) is 24.3 Å². The molecule has 0 atom stereocenters. The Bertz CT molecular complexity index is 786. The van der Waals surface area contributed by atoms with E-state index in [0.717, 1.165) is 0 Å². The maximum atomic E-state index is 13.8. The molecule has 0 saturated heterocycles. The van der Waals surface area contributed by atoms with Crippen molar-refractivity contribution in [1.29, 1.82) is 0 Å². The fourth-order valence-corrected chi connectivity index (χ4v) is 2.65. The van der Waals surface area contributed by atoms with E-state index in [4.69, 9.17) is 0 Å². The van der Waals surface area contributed by atoms with Gasteiger partial charge < -0.3 is 0 Å². The van der Waals surface area contributed by atoms with Crippen molar-refractivity contribution in [2.24, 2.45) is 0 Å². The molecular formula is C15H8F6N2O4. The number of halogens is 6. The zero-order valence-electron chi connectivity index (χ0n) is 12.9. The van der Waals surface area contributed by atoms with E-state index in [1.54, 1.807) is 0 Å². The van der Waals surface area contributed by atoms with Gasteiger partial charge in [-0.2, -0.15) is 26.3 Å². The van der Waals surface area contributed by atoms with Crippen LogP contribution in [-0.4, -0.2) is 22.2 Å². The van der Waals surface area contributed by atoms with Gasteiger partial charge in [0.05, 0.1) is 9.85 Å². The van der Waals surface area contributed by atoms with Crippen LogP contribution in [0.1, 0.15) is 11.1 Å². The zero-order valence-corrected chi connectivity index (χ0v) is 12.9. The monoisotopic (exact) mass is 394 g/mol. The van der Waals surface area contributed by atoms with Crippen molar-refractivity contribution < 1.29 is 36.2 Å². The van der Waals surface area contributed by atoms with Gasteiger partial charge in [0.15, 0.2) is 0 Å². The molecule has 0 fully saturated rings. The highest BCUT2D eigenvalue weighted by atomic mass is 19.4. The average molecular weight is 394 g/mol. The van der Waals surface area contributed by atoms with Gasteiger partial charge in [0.25, 0.3) is 11.4 Å². The Labute approximate surface area is 146 Å². The van der Waals surface area contributed by atoms with Gasteiger partial charge in [0.1, 0.15) is 0 Å². The van der Waals surface area contributed by atoms with Crippen molar-refractivity contribution >= 4 is 11.4 Å². The summed E-state index contributed by atoms with van der Waals surface area (Å²) < 4.78 is 82.6. The molecule has 0 heterocycles. The number of nitro groups is 2. The third-order valence-corrected chi connectivity index (χ3v) is 3.87. The van der Waals surface area contributed by atoms with Crippen molar-refractivity contribution in [2.75, 3.05) is 0 Å². The molecule has 0 aliphatic rings. The Balaban J connectivity index is 2.82. The number of hydrogen-bond donors (Lipinski definition) is 0. The molecule has 27 heavy (non-hydrogen) atoms. The van der Waals surface area contributed by atoms with Crippen LogP contribution in [-0.2, 0) is 5.41 Å². The molecule has 2 rings (SSSR count). The highest BCUT2D eigenvalue weighted by Gasteiger charge is 2.72. The lowest BCUT2D eigenvalue weighted by Gasteiger charge is -2.38. The van der Waals surface area contributed by atoms with Gasteiger partial charge in [-0.05, 0) is 11.1 Å². The summed E-state index contributed by atoms with van der Waals surface area (Å²) in [6, 6.07) is 3.53. The highest BCUT2D eigenvalue weighted by molar-refractivity contribution is 5.48. The quantitative estimate of drug-likeness (QED) is 0.419. The summed E-state index contributed by atoms with van der Waals surface area (Å²) in [5, 5.41) is 21.2. The van der Waals surface area contributed by atoms with Crippen LogP contribution in [0.25, 0.3) is 0 Å². The zero-order chi connectivity index (χ0) is 20.6. The lowest BCUT2D eigenvalue weighted by Crippen LogP contribution is -2.54. The van der Waals surface area contributed by atoms with E-state index in [9.17, 15) is 46.6 Å². The van der Waals surface area contributed by atoms with Crippen LogP contribution < -0.4 is 0 Å². The molecule has 0 amide bonds. The average Bonchev–Trinajstić information content (AvgIpc) is 2.53. The number of benzene rings is 2. The number of nitro benzene ring substituents is 2. The largest absolute Gasteiger partial charge is 0.411 e. The van der Waals surface area contributed by atoms with Crippen molar-refractivity contribution in [2.45, 2.75) is 17.8 Å². The minimum atomic E-state index is -5.89. The third-order valence-electron chi connectivity index (χ3n) is 3.87. The van der Waals surface area contributed by atoms with E-state index in [1.807, 2.05) is 0 Å². The van der Waals surface area contributed by atoms with Crippen LogP contribution in [0.4, 0.5) is 37.7 Å². The van der Waals surface area contributed by atoms with Gasteiger partial charge in [-0.15, -0.1) is 0 Å². The van der Waals surface area contributed by atoms with Crippen molar-refractivity contribution in [3.8, 4) is 0 Å². The number of non-ortho nitro benzene ring substituents is 2. The van der Waals surface area contributed by atoms with Crippen LogP contribution in [0, 0.1) is 20.2 Å². The number of rotatable bonds is 4. The van der Waals surface area contributed by atoms with E-state index < -0.39 is 50.1 Å². The Morgan fingerprint density at radius 1 is 0.593 bits per heavy atom. The first-order valence-electron chi connectivity index (χ1n) is 6.95. The standard InChI is InChI=1S/C15H8F6N2O4/c16-14(17,18)13(15(19,20)21,9-1-5-11(6-2-9)22(24)25)10-3-7-12(8-4-10)23(26)27/h1-8H. The van der Waals surface area contributed by atoms with Gasteiger partial charge in [0.2, 0.25) is 5.41 Å². The maximum absolute atomic E-state index is 13.8. The molecule has 0 radical (unpaired) electrons. The molecule has 0 unspecified atom stereocenters. The van der Waals surface area contributed by atoms with Crippen LogP contribution in [0.3, 0.4) is 0 Å². The minimum Gasteiger partial charge on any atom is -0.258 e. The normalized spacial score (nSPS) is 12.7. The van der Waals surface area contributed by atoms with E-state index in [0.29, 0.717) is 48.5 Å². The van der Waals surface area contributed by atoms with E-state index in [1.165, 1.54) is 0 Å². The summed E-state index contributed by atoms with van der Waals surface area (Å²) >= 11 is 0. The number of hydrogen-bond acceptors (Lipinski definition) is 4. The van der Waals surface area contributed by atoms with E-state index in [2.05, 4.69) is 0 Å². The van der Waals surface area contributed by atoms with E-state index in [-0.39, 0.29) is 0 Å². The maximum Gasteiger partial charge on any atom is 0.411 e. The molecule has 0 aliphatic carbocycles. The van der Waals surface area contributed by atoms with Crippen LogP contribution in [0.5, 0.6) is 0 Å². The number of alkyl halides is 6. The minimum absolute atomic E-state index is 0.362. The molecule has 0 aliphatic heterocycles. The molecule has 0 N–H and O–H groups in total. The molecular weight excluding hydrogens is 386 g/mol. The first-order chi connectivity index (χ1) is 12.3. The lowest BCUT2D eigenvalue weighted by molar-refractivity contribution is -0.385. The molecule has 2 aromatic rings. The second-order valence-electron chi connectivity index (χ2n) is 5.35. The summed E-state index contributed by atoms with van der Waals surface area (Å²) in [6.45, 7) is 0. The van der Waals surface area contributed by atoms with Crippen molar-refractivity contribution in [1.82, 2.24) is 0 Å². The summed E-state index contributed by atoms with van der Waals surface area (Å²) in [5.74, 6) is 0. The predicted molar refractivity (Wildman–Crippen MR) is 79.1 cm³/mol. The van der Waals surface area contributed by atoms with Crippen molar-refractivity contribution in [3.05, 3.63) is 79.9 Å². The SMILES string of the molecule is O=[N+]([O-])c1ccc(C(c2ccc([N+](=O)[O-])cc2)(C(F)(F)F)C(F)(F)F)cc1. The summed E-state index contributed by atoms with van der Waals surface area (Å²) in [4.78, 5) is 19.3. The lowest BCUT2D eigenvalue weighted by atomic mass is 9.73. The summed E-state index contributed by atoms with van der Waals surface area (Å²) in [5.41, 5.74) is -8.52. The molecule has 12 heteroatoms. The Morgan fingerprint density at radius 3 is 1.04 bits per heavy atom. The predicted octanol–water partition coefficient (Wildman–Crippen LogP) is 4.91. The Kier molecular flexibility index (Phi) is 4.86.